The van der Waals surface area contributed by atoms with Crippen LogP contribution in [0.5, 0.6) is 5.75 Å². The van der Waals surface area contributed by atoms with E-state index in [4.69, 9.17) is 9.72 Å². The second kappa shape index (κ2) is 9.67. The summed E-state index contributed by atoms with van der Waals surface area (Å²) < 4.78 is 7.04. The molecule has 1 amide bonds. The lowest BCUT2D eigenvalue weighted by atomic mass is 10.2. The number of thioether (sulfide) groups is 1. The molecule has 1 atom stereocenters. The van der Waals surface area contributed by atoms with Crippen LogP contribution < -0.4 is 15.6 Å². The van der Waals surface area contributed by atoms with Gasteiger partial charge in [-0.25, -0.2) is 4.98 Å². The highest BCUT2D eigenvalue weighted by Gasteiger charge is 2.27. The molecule has 0 spiro atoms. The van der Waals surface area contributed by atoms with Crippen molar-refractivity contribution >= 4 is 39.2 Å². The molecule has 170 valence electrons. The third kappa shape index (κ3) is 4.57. The number of methoxy groups -OCH3 is 1. The zero-order valence-corrected chi connectivity index (χ0v) is 20.6. The van der Waals surface area contributed by atoms with E-state index in [1.807, 2.05) is 49.6 Å². The Labute approximate surface area is 196 Å². The Morgan fingerprint density at radius 2 is 1.97 bits per heavy atom. The van der Waals surface area contributed by atoms with Crippen LogP contribution >= 0.6 is 23.1 Å². The van der Waals surface area contributed by atoms with E-state index in [1.54, 1.807) is 18.4 Å². The number of amides is 1. The lowest BCUT2D eigenvalue weighted by Gasteiger charge is -2.20. The summed E-state index contributed by atoms with van der Waals surface area (Å²) in [6, 6.07) is 7.79. The molecule has 0 aliphatic heterocycles. The van der Waals surface area contributed by atoms with Gasteiger partial charge in [0.1, 0.15) is 10.6 Å². The third-order valence-electron chi connectivity index (χ3n) is 6.17. The average molecular weight is 472 g/mol. The first-order valence-electron chi connectivity index (χ1n) is 11.0. The SMILES string of the molecule is COc1ccc(CNC(=O)C(C)Sc2nc3sc(C)c(C)c3c(=O)n2C2CCCC2)cc1. The summed E-state index contributed by atoms with van der Waals surface area (Å²) in [6.07, 6.45) is 4.22. The number of benzene rings is 1. The van der Waals surface area contributed by atoms with Crippen molar-refractivity contribution < 1.29 is 9.53 Å². The zero-order chi connectivity index (χ0) is 22.8. The molecule has 1 aromatic carbocycles. The fourth-order valence-electron chi connectivity index (χ4n) is 4.14. The number of thiophene rings is 1. The van der Waals surface area contributed by atoms with Gasteiger partial charge in [-0.05, 0) is 56.9 Å². The molecular weight excluding hydrogens is 442 g/mol. The maximum Gasteiger partial charge on any atom is 0.263 e. The number of hydrogen-bond acceptors (Lipinski definition) is 6. The fourth-order valence-corrected chi connectivity index (χ4v) is 6.22. The van der Waals surface area contributed by atoms with Gasteiger partial charge in [-0.1, -0.05) is 36.7 Å². The average Bonchev–Trinajstić information content (AvgIpc) is 3.40. The van der Waals surface area contributed by atoms with Gasteiger partial charge < -0.3 is 10.1 Å². The molecule has 4 rings (SSSR count). The summed E-state index contributed by atoms with van der Waals surface area (Å²) in [5, 5.41) is 4.02. The Bertz CT molecular complexity index is 1180. The predicted octanol–water partition coefficient (Wildman–Crippen LogP) is 5.00. The van der Waals surface area contributed by atoms with Gasteiger partial charge in [-0.3, -0.25) is 14.2 Å². The molecule has 1 aliphatic carbocycles. The first-order valence-corrected chi connectivity index (χ1v) is 12.7. The van der Waals surface area contributed by atoms with Gasteiger partial charge in [0.15, 0.2) is 5.16 Å². The summed E-state index contributed by atoms with van der Waals surface area (Å²) in [7, 11) is 1.63. The molecule has 2 aromatic heterocycles. The predicted molar refractivity (Wildman–Crippen MR) is 131 cm³/mol. The van der Waals surface area contributed by atoms with E-state index in [-0.39, 0.29) is 22.8 Å². The summed E-state index contributed by atoms with van der Waals surface area (Å²) in [6.45, 7) is 6.34. The summed E-state index contributed by atoms with van der Waals surface area (Å²) in [5.41, 5.74) is 2.07. The van der Waals surface area contributed by atoms with Gasteiger partial charge in [0.25, 0.3) is 5.56 Å². The Morgan fingerprint density at radius 1 is 1.28 bits per heavy atom. The number of carbonyl (C=O) groups is 1. The molecule has 1 fully saturated rings. The monoisotopic (exact) mass is 471 g/mol. The number of aromatic nitrogens is 2. The van der Waals surface area contributed by atoms with E-state index in [0.29, 0.717) is 11.7 Å². The van der Waals surface area contributed by atoms with Crippen molar-refractivity contribution in [1.82, 2.24) is 14.9 Å². The molecule has 1 saturated carbocycles. The lowest BCUT2D eigenvalue weighted by Crippen LogP contribution is -2.32. The van der Waals surface area contributed by atoms with Crippen molar-refractivity contribution in [2.24, 2.45) is 0 Å². The maximum absolute atomic E-state index is 13.5. The van der Waals surface area contributed by atoms with Crippen molar-refractivity contribution in [2.45, 2.75) is 69.4 Å². The van der Waals surface area contributed by atoms with E-state index < -0.39 is 0 Å². The number of nitrogens with zero attached hydrogens (tertiary/aromatic N) is 2. The number of hydrogen-bond donors (Lipinski definition) is 1. The van der Waals surface area contributed by atoms with Crippen molar-refractivity contribution in [2.75, 3.05) is 7.11 Å². The normalized spacial score (nSPS) is 15.2. The van der Waals surface area contributed by atoms with Crippen molar-refractivity contribution in [1.29, 1.82) is 0 Å². The molecule has 0 saturated heterocycles. The van der Waals surface area contributed by atoms with E-state index in [0.717, 1.165) is 57.7 Å². The molecule has 6 nitrogen and oxygen atoms in total. The number of fused-ring (bicyclic) bond motifs is 1. The minimum Gasteiger partial charge on any atom is -0.497 e. The first kappa shape index (κ1) is 22.9. The number of nitrogens with one attached hydrogen (secondary N) is 1. The molecule has 1 aliphatic rings. The Hall–Kier alpha value is -2.32. The van der Waals surface area contributed by atoms with E-state index >= 15 is 0 Å². The number of ether oxygens (including phenoxy) is 1. The topological polar surface area (TPSA) is 73.2 Å². The van der Waals surface area contributed by atoms with Gasteiger partial charge in [-0.2, -0.15) is 0 Å². The molecular formula is C24H29N3O3S2. The maximum atomic E-state index is 13.5. The van der Waals surface area contributed by atoms with Gasteiger partial charge in [0.05, 0.1) is 17.7 Å². The summed E-state index contributed by atoms with van der Waals surface area (Å²) >= 11 is 2.93. The zero-order valence-electron chi connectivity index (χ0n) is 18.9. The molecule has 3 aromatic rings. The third-order valence-corrected chi connectivity index (χ3v) is 8.34. The van der Waals surface area contributed by atoms with Crippen LogP contribution in [0.3, 0.4) is 0 Å². The van der Waals surface area contributed by atoms with Gasteiger partial charge in [0, 0.05) is 17.5 Å². The standard InChI is InChI=1S/C24H29N3O3S2/c1-14-15(2)31-22-20(14)23(29)27(18-7-5-6-8-18)24(26-22)32-16(3)21(28)25-13-17-9-11-19(30-4)12-10-17/h9-12,16,18H,5-8,13H2,1-4H3,(H,25,28). The summed E-state index contributed by atoms with van der Waals surface area (Å²) in [4.78, 5) is 33.1. The number of carbonyl (C=O) groups excluding carboxylic acids is 1. The molecule has 1 unspecified atom stereocenters. The van der Waals surface area contributed by atoms with Gasteiger partial charge in [0.2, 0.25) is 5.91 Å². The van der Waals surface area contributed by atoms with Crippen LogP contribution in [0.1, 0.15) is 54.7 Å². The minimum atomic E-state index is -0.368. The molecule has 32 heavy (non-hydrogen) atoms. The highest BCUT2D eigenvalue weighted by molar-refractivity contribution is 8.00. The largest absolute Gasteiger partial charge is 0.497 e. The molecule has 2 heterocycles. The highest BCUT2D eigenvalue weighted by Crippen LogP contribution is 2.35. The van der Waals surface area contributed by atoms with Crippen LogP contribution in [0.25, 0.3) is 10.2 Å². The van der Waals surface area contributed by atoms with Crippen LogP contribution in [0, 0.1) is 13.8 Å². The van der Waals surface area contributed by atoms with Crippen LogP contribution in [-0.4, -0.2) is 27.8 Å². The van der Waals surface area contributed by atoms with E-state index in [9.17, 15) is 9.59 Å². The van der Waals surface area contributed by atoms with E-state index in [2.05, 4.69) is 5.32 Å². The second-order valence-electron chi connectivity index (χ2n) is 8.30. The van der Waals surface area contributed by atoms with Crippen LogP contribution in [0.4, 0.5) is 0 Å². The Morgan fingerprint density at radius 3 is 2.62 bits per heavy atom. The minimum absolute atomic E-state index is 0.0390. The highest BCUT2D eigenvalue weighted by atomic mass is 32.2. The number of rotatable bonds is 7. The fraction of sp³-hybridized carbons (Fsp3) is 0.458. The van der Waals surface area contributed by atoms with Crippen molar-refractivity contribution in [3.05, 3.63) is 50.6 Å². The van der Waals surface area contributed by atoms with Gasteiger partial charge in [-0.15, -0.1) is 11.3 Å². The molecule has 1 N–H and O–H groups in total. The Kier molecular flexibility index (Phi) is 6.90. The van der Waals surface area contributed by atoms with Crippen molar-refractivity contribution in [3.63, 3.8) is 0 Å². The molecule has 8 heteroatoms. The van der Waals surface area contributed by atoms with E-state index in [1.165, 1.54) is 11.8 Å². The summed E-state index contributed by atoms with van der Waals surface area (Å²) in [5.74, 6) is 0.714. The van der Waals surface area contributed by atoms with Crippen LogP contribution in [-0.2, 0) is 11.3 Å². The second-order valence-corrected chi connectivity index (χ2v) is 10.8. The molecule has 0 bridgehead atoms. The first-order chi connectivity index (χ1) is 15.4. The molecule has 0 radical (unpaired) electrons. The van der Waals surface area contributed by atoms with Crippen LogP contribution in [0.2, 0.25) is 0 Å². The van der Waals surface area contributed by atoms with Gasteiger partial charge >= 0.3 is 0 Å². The quantitative estimate of drug-likeness (QED) is 0.388. The lowest BCUT2D eigenvalue weighted by molar-refractivity contribution is -0.120. The Balaban J connectivity index is 1.56. The smallest absolute Gasteiger partial charge is 0.263 e. The number of aryl methyl sites for hydroxylation is 2. The van der Waals surface area contributed by atoms with Crippen LogP contribution in [0.15, 0.2) is 34.2 Å². The van der Waals surface area contributed by atoms with Crippen molar-refractivity contribution in [3.8, 4) is 5.75 Å².